The van der Waals surface area contributed by atoms with Crippen molar-refractivity contribution in [3.05, 3.63) is 35.1 Å². The first-order valence-corrected chi connectivity index (χ1v) is 4.98. The van der Waals surface area contributed by atoms with E-state index in [0.29, 0.717) is 24.5 Å². The number of nitrogens with two attached hydrogens (primary N) is 1. The summed E-state index contributed by atoms with van der Waals surface area (Å²) in [5, 5.41) is 0. The van der Waals surface area contributed by atoms with Crippen molar-refractivity contribution in [2.75, 3.05) is 0 Å². The Morgan fingerprint density at radius 2 is 1.73 bits per heavy atom. The second kappa shape index (κ2) is 3.85. The zero-order chi connectivity index (χ0) is 11.0. The molecule has 0 saturated heterocycles. The van der Waals surface area contributed by atoms with E-state index in [9.17, 15) is 13.2 Å². The Morgan fingerprint density at radius 3 is 2.20 bits per heavy atom. The van der Waals surface area contributed by atoms with Crippen molar-refractivity contribution in [2.24, 2.45) is 11.7 Å². The van der Waals surface area contributed by atoms with Crippen molar-refractivity contribution in [3.63, 3.8) is 0 Å². The molecular formula is C11H12F3N. The minimum absolute atomic E-state index is 0.191. The number of halogens is 3. The summed E-state index contributed by atoms with van der Waals surface area (Å²) in [5.74, 6) is -2.21. The first kappa shape index (κ1) is 10.5. The van der Waals surface area contributed by atoms with Gasteiger partial charge in [0.1, 0.15) is 17.5 Å². The molecule has 1 nitrogen and oxygen atoms in total. The fourth-order valence-electron chi connectivity index (χ4n) is 1.74. The maximum Gasteiger partial charge on any atom is 0.133 e. The molecule has 0 radical (unpaired) electrons. The van der Waals surface area contributed by atoms with E-state index in [1.165, 1.54) is 0 Å². The van der Waals surface area contributed by atoms with Crippen LogP contribution in [0.1, 0.15) is 30.9 Å². The van der Waals surface area contributed by atoms with E-state index in [-0.39, 0.29) is 5.56 Å². The zero-order valence-corrected chi connectivity index (χ0v) is 8.14. The molecule has 1 unspecified atom stereocenters. The van der Waals surface area contributed by atoms with Gasteiger partial charge >= 0.3 is 0 Å². The number of rotatable bonds is 3. The largest absolute Gasteiger partial charge is 0.324 e. The lowest BCUT2D eigenvalue weighted by Gasteiger charge is -2.13. The van der Waals surface area contributed by atoms with Gasteiger partial charge in [-0.05, 0) is 12.3 Å². The molecule has 1 fully saturated rings. The van der Waals surface area contributed by atoms with Gasteiger partial charge in [0, 0.05) is 23.7 Å². The summed E-state index contributed by atoms with van der Waals surface area (Å²) in [6.07, 6.45) is 2.70. The van der Waals surface area contributed by atoms with Crippen LogP contribution in [0.2, 0.25) is 0 Å². The maximum atomic E-state index is 13.3. The summed E-state index contributed by atoms with van der Waals surface area (Å²) in [5.41, 5.74) is 5.49. The Morgan fingerprint density at radius 1 is 1.20 bits per heavy atom. The van der Waals surface area contributed by atoms with Gasteiger partial charge in [-0.15, -0.1) is 0 Å². The van der Waals surface area contributed by atoms with Gasteiger partial charge in [-0.1, -0.05) is 12.8 Å². The lowest BCUT2D eigenvalue weighted by molar-refractivity contribution is 0.483. The first-order valence-electron chi connectivity index (χ1n) is 4.98. The lowest BCUT2D eigenvalue weighted by Crippen LogP contribution is -2.15. The highest BCUT2D eigenvalue weighted by Gasteiger charge is 2.27. The van der Waals surface area contributed by atoms with Crippen molar-refractivity contribution in [2.45, 2.75) is 25.3 Å². The van der Waals surface area contributed by atoms with Gasteiger partial charge in [0.15, 0.2) is 0 Å². The van der Waals surface area contributed by atoms with Crippen molar-refractivity contribution in [3.8, 4) is 0 Å². The van der Waals surface area contributed by atoms with Gasteiger partial charge < -0.3 is 5.73 Å². The van der Waals surface area contributed by atoms with Gasteiger partial charge in [0.2, 0.25) is 0 Å². The van der Waals surface area contributed by atoms with Crippen LogP contribution in [0.15, 0.2) is 12.1 Å². The quantitative estimate of drug-likeness (QED) is 0.824. The van der Waals surface area contributed by atoms with Crippen LogP contribution in [0.4, 0.5) is 13.2 Å². The minimum Gasteiger partial charge on any atom is -0.324 e. The summed E-state index contributed by atoms with van der Waals surface area (Å²) < 4.78 is 39.2. The first-order chi connectivity index (χ1) is 7.08. The van der Waals surface area contributed by atoms with E-state index in [1.807, 2.05) is 0 Å². The van der Waals surface area contributed by atoms with E-state index in [4.69, 9.17) is 5.73 Å². The van der Waals surface area contributed by atoms with Crippen molar-refractivity contribution >= 4 is 0 Å². The van der Waals surface area contributed by atoms with Crippen LogP contribution in [-0.2, 0) is 0 Å². The van der Waals surface area contributed by atoms with E-state index in [0.717, 1.165) is 12.8 Å². The summed E-state index contributed by atoms with van der Waals surface area (Å²) in [4.78, 5) is 0. The summed E-state index contributed by atoms with van der Waals surface area (Å²) >= 11 is 0. The molecule has 1 aliphatic carbocycles. The van der Waals surface area contributed by atoms with E-state index in [2.05, 4.69) is 0 Å². The third-order valence-electron chi connectivity index (χ3n) is 2.70. The average molecular weight is 215 g/mol. The maximum absolute atomic E-state index is 13.3. The second-order valence-electron chi connectivity index (χ2n) is 4.07. The predicted octanol–water partition coefficient (Wildman–Crippen LogP) is 2.90. The minimum atomic E-state index is -0.910. The molecule has 0 bridgehead atoms. The van der Waals surface area contributed by atoms with Gasteiger partial charge in [0.05, 0.1) is 0 Å². The smallest absolute Gasteiger partial charge is 0.133 e. The Labute approximate surface area is 86.1 Å². The Hall–Kier alpha value is -1.03. The predicted molar refractivity (Wildman–Crippen MR) is 50.6 cm³/mol. The molecule has 2 rings (SSSR count). The Kier molecular flexibility index (Phi) is 2.69. The number of benzene rings is 1. The molecule has 1 saturated carbocycles. The van der Waals surface area contributed by atoms with Crippen LogP contribution in [0.3, 0.4) is 0 Å². The molecule has 0 aliphatic heterocycles. The monoisotopic (exact) mass is 215 g/mol. The van der Waals surface area contributed by atoms with Gasteiger partial charge in [-0.25, -0.2) is 13.2 Å². The standard InChI is InChI=1S/C11H12F3N/c12-7-4-8(13)11(9(14)5-7)10(15)3-6-1-2-6/h4-6,10H,1-3,15H2. The second-order valence-corrected chi connectivity index (χ2v) is 4.07. The van der Waals surface area contributed by atoms with Crippen LogP contribution in [-0.4, -0.2) is 0 Å². The normalized spacial score (nSPS) is 17.9. The molecule has 2 N–H and O–H groups in total. The molecule has 0 spiro atoms. The highest BCUT2D eigenvalue weighted by atomic mass is 19.1. The van der Waals surface area contributed by atoms with Gasteiger partial charge in [0.25, 0.3) is 0 Å². The fraction of sp³-hybridized carbons (Fsp3) is 0.455. The molecule has 0 heterocycles. The summed E-state index contributed by atoms with van der Waals surface area (Å²) in [7, 11) is 0. The molecule has 82 valence electrons. The molecule has 0 aromatic heterocycles. The van der Waals surface area contributed by atoms with Crippen LogP contribution in [0.25, 0.3) is 0 Å². The molecule has 0 amide bonds. The SMILES string of the molecule is NC(CC1CC1)c1c(F)cc(F)cc1F. The third kappa shape index (κ3) is 2.31. The number of hydrogen-bond acceptors (Lipinski definition) is 1. The fourth-order valence-corrected chi connectivity index (χ4v) is 1.74. The van der Waals surface area contributed by atoms with E-state index in [1.54, 1.807) is 0 Å². The van der Waals surface area contributed by atoms with Gasteiger partial charge in [-0.2, -0.15) is 0 Å². The molecular weight excluding hydrogens is 203 g/mol. The average Bonchev–Trinajstić information content (AvgIpc) is 2.85. The molecule has 4 heteroatoms. The molecule has 1 aromatic rings. The molecule has 1 atom stereocenters. The Bertz CT molecular complexity index is 351. The van der Waals surface area contributed by atoms with Crippen molar-refractivity contribution in [1.82, 2.24) is 0 Å². The topological polar surface area (TPSA) is 26.0 Å². The third-order valence-corrected chi connectivity index (χ3v) is 2.70. The van der Waals surface area contributed by atoms with Crippen LogP contribution < -0.4 is 5.73 Å². The van der Waals surface area contributed by atoms with Crippen molar-refractivity contribution < 1.29 is 13.2 Å². The van der Waals surface area contributed by atoms with E-state index >= 15 is 0 Å². The summed E-state index contributed by atoms with van der Waals surface area (Å²) in [6.45, 7) is 0. The van der Waals surface area contributed by atoms with Crippen LogP contribution in [0.5, 0.6) is 0 Å². The van der Waals surface area contributed by atoms with Gasteiger partial charge in [-0.3, -0.25) is 0 Å². The van der Waals surface area contributed by atoms with E-state index < -0.39 is 23.5 Å². The lowest BCUT2D eigenvalue weighted by atomic mass is 10.0. The summed E-state index contributed by atoms with van der Waals surface area (Å²) in [6, 6.07) is 0.675. The highest BCUT2D eigenvalue weighted by Crippen LogP contribution is 2.37. The molecule has 1 aliphatic rings. The molecule has 1 aromatic carbocycles. The van der Waals surface area contributed by atoms with Crippen LogP contribution in [0, 0.1) is 23.4 Å². The highest BCUT2D eigenvalue weighted by molar-refractivity contribution is 5.24. The Balaban J connectivity index is 2.24. The zero-order valence-electron chi connectivity index (χ0n) is 8.14. The van der Waals surface area contributed by atoms with Crippen molar-refractivity contribution in [1.29, 1.82) is 0 Å². The number of hydrogen-bond donors (Lipinski definition) is 1. The van der Waals surface area contributed by atoms with Crippen LogP contribution >= 0.6 is 0 Å². The molecule has 15 heavy (non-hydrogen) atoms.